The number of halogens is 1. The van der Waals surface area contributed by atoms with Gasteiger partial charge in [-0.25, -0.2) is 4.98 Å². The average molecular weight is 374 g/mol. The summed E-state index contributed by atoms with van der Waals surface area (Å²) < 4.78 is 0. The first-order chi connectivity index (χ1) is 12.1. The van der Waals surface area contributed by atoms with Gasteiger partial charge in [-0.1, -0.05) is 48.1 Å². The molecular weight excluding hydrogens is 354 g/mol. The van der Waals surface area contributed by atoms with Crippen molar-refractivity contribution in [1.29, 1.82) is 5.26 Å². The topological polar surface area (TPSA) is 65.8 Å². The Labute approximate surface area is 156 Å². The van der Waals surface area contributed by atoms with Gasteiger partial charge in [-0.15, -0.1) is 0 Å². The van der Waals surface area contributed by atoms with Crippen molar-refractivity contribution in [2.75, 3.05) is 5.32 Å². The lowest BCUT2D eigenvalue weighted by Crippen LogP contribution is -2.24. The van der Waals surface area contributed by atoms with Gasteiger partial charge in [-0.05, 0) is 37.2 Å². The van der Waals surface area contributed by atoms with Crippen LogP contribution in [-0.2, 0) is 4.79 Å². The molecule has 25 heavy (non-hydrogen) atoms. The first-order valence-electron chi connectivity index (χ1n) is 8.47. The zero-order valence-corrected chi connectivity index (χ0v) is 15.6. The second-order valence-electron chi connectivity index (χ2n) is 6.62. The summed E-state index contributed by atoms with van der Waals surface area (Å²) in [4.78, 5) is 17.9. The summed E-state index contributed by atoms with van der Waals surface area (Å²) in [6, 6.07) is 9.80. The molecule has 0 spiro atoms. The highest BCUT2D eigenvalue weighted by Crippen LogP contribution is 2.40. The number of amides is 1. The van der Waals surface area contributed by atoms with E-state index in [0.29, 0.717) is 28.4 Å². The highest BCUT2D eigenvalue weighted by atomic mass is 35.5. The molecule has 1 saturated carbocycles. The van der Waals surface area contributed by atoms with Gasteiger partial charge >= 0.3 is 0 Å². The van der Waals surface area contributed by atoms with Crippen LogP contribution >= 0.6 is 22.9 Å². The first kappa shape index (κ1) is 17.9. The van der Waals surface area contributed by atoms with Crippen LogP contribution in [0.15, 0.2) is 30.5 Å². The van der Waals surface area contributed by atoms with E-state index in [1.807, 2.05) is 24.3 Å². The van der Waals surface area contributed by atoms with Gasteiger partial charge < -0.3 is 5.32 Å². The Morgan fingerprint density at radius 2 is 2.24 bits per heavy atom. The second kappa shape index (κ2) is 7.99. The largest absolute Gasteiger partial charge is 0.302 e. The molecule has 1 unspecified atom stereocenters. The number of hydrogen-bond acceptors (Lipinski definition) is 4. The fourth-order valence-corrected chi connectivity index (χ4v) is 4.72. The van der Waals surface area contributed by atoms with Crippen molar-refractivity contribution >= 4 is 34.0 Å². The molecule has 1 amide bonds. The molecule has 1 aromatic heterocycles. The molecule has 2 aromatic rings. The number of benzene rings is 1. The number of aromatic nitrogens is 1. The molecule has 1 fully saturated rings. The Kier molecular flexibility index (Phi) is 5.72. The van der Waals surface area contributed by atoms with Gasteiger partial charge in [0.05, 0.1) is 10.9 Å². The first-order valence-corrected chi connectivity index (χ1v) is 9.66. The minimum atomic E-state index is -0.00337. The number of hydrogen-bond donors (Lipinski definition) is 1. The van der Waals surface area contributed by atoms with E-state index in [4.69, 9.17) is 16.9 Å². The van der Waals surface area contributed by atoms with Crippen molar-refractivity contribution in [3.63, 3.8) is 0 Å². The van der Waals surface area contributed by atoms with E-state index in [2.05, 4.69) is 23.3 Å². The SMILES string of the molecule is C[C@@H]1CC(CCC#N)C[C@H]1C(=O)Nc1ncc(-c2ccccc2Cl)s1. The highest BCUT2D eigenvalue weighted by molar-refractivity contribution is 7.19. The number of nitrogens with zero attached hydrogens (tertiary/aromatic N) is 2. The number of rotatable bonds is 5. The maximum atomic E-state index is 12.6. The zero-order chi connectivity index (χ0) is 17.8. The Hall–Kier alpha value is -1.90. The third kappa shape index (κ3) is 4.20. The fraction of sp³-hybridized carbons (Fsp3) is 0.421. The van der Waals surface area contributed by atoms with Gasteiger partial charge in [-0.3, -0.25) is 4.79 Å². The van der Waals surface area contributed by atoms with E-state index < -0.39 is 0 Å². The van der Waals surface area contributed by atoms with Crippen LogP contribution in [0.3, 0.4) is 0 Å². The van der Waals surface area contributed by atoms with Crippen LogP contribution in [-0.4, -0.2) is 10.9 Å². The summed E-state index contributed by atoms with van der Waals surface area (Å²) in [5.74, 6) is 0.843. The van der Waals surface area contributed by atoms with Gasteiger partial charge in [-0.2, -0.15) is 5.26 Å². The van der Waals surface area contributed by atoms with Gasteiger partial charge in [0.25, 0.3) is 0 Å². The third-order valence-electron chi connectivity index (χ3n) is 4.86. The van der Waals surface area contributed by atoms with Crippen LogP contribution in [0.5, 0.6) is 0 Å². The second-order valence-corrected chi connectivity index (χ2v) is 8.05. The fourth-order valence-electron chi connectivity index (χ4n) is 3.56. The van der Waals surface area contributed by atoms with Crippen molar-refractivity contribution in [1.82, 2.24) is 4.98 Å². The van der Waals surface area contributed by atoms with Gasteiger partial charge in [0, 0.05) is 29.1 Å². The summed E-state index contributed by atoms with van der Waals surface area (Å²) in [5.41, 5.74) is 0.924. The van der Waals surface area contributed by atoms with Gasteiger partial charge in [0.1, 0.15) is 0 Å². The molecule has 0 aliphatic heterocycles. The molecule has 0 saturated heterocycles. The number of carbonyl (C=O) groups excluding carboxylic acids is 1. The van der Waals surface area contributed by atoms with E-state index in [0.717, 1.165) is 29.7 Å². The lowest BCUT2D eigenvalue weighted by molar-refractivity contribution is -0.120. The molecule has 0 bridgehead atoms. The summed E-state index contributed by atoms with van der Waals surface area (Å²) in [5, 5.41) is 13.0. The molecule has 4 nitrogen and oxygen atoms in total. The van der Waals surface area contributed by atoms with Gasteiger partial charge in [0.15, 0.2) is 5.13 Å². The summed E-state index contributed by atoms with van der Waals surface area (Å²) in [7, 11) is 0. The molecule has 3 atom stereocenters. The average Bonchev–Trinajstić information content (AvgIpc) is 3.20. The molecule has 1 aliphatic carbocycles. The summed E-state index contributed by atoms with van der Waals surface area (Å²) in [6.45, 7) is 2.12. The predicted octanol–water partition coefficient (Wildman–Crippen LogP) is 5.37. The number of carbonyl (C=O) groups is 1. The Balaban J connectivity index is 1.64. The monoisotopic (exact) mass is 373 g/mol. The molecule has 0 radical (unpaired) electrons. The van der Waals surface area contributed by atoms with Crippen LogP contribution in [0.1, 0.15) is 32.6 Å². The predicted molar refractivity (Wildman–Crippen MR) is 101 cm³/mol. The van der Waals surface area contributed by atoms with Crippen molar-refractivity contribution < 1.29 is 4.79 Å². The van der Waals surface area contributed by atoms with Crippen LogP contribution in [0, 0.1) is 29.1 Å². The molecular formula is C19H20ClN3OS. The Morgan fingerprint density at radius 3 is 3.00 bits per heavy atom. The molecule has 1 heterocycles. The highest BCUT2D eigenvalue weighted by Gasteiger charge is 2.35. The molecule has 1 N–H and O–H groups in total. The van der Waals surface area contributed by atoms with Crippen LogP contribution in [0.4, 0.5) is 5.13 Å². The van der Waals surface area contributed by atoms with Crippen LogP contribution < -0.4 is 5.32 Å². The van der Waals surface area contributed by atoms with E-state index in [-0.39, 0.29) is 11.8 Å². The van der Waals surface area contributed by atoms with Gasteiger partial charge in [0.2, 0.25) is 5.91 Å². The molecule has 6 heteroatoms. The van der Waals surface area contributed by atoms with E-state index in [1.165, 1.54) is 11.3 Å². The Morgan fingerprint density at radius 1 is 1.44 bits per heavy atom. The van der Waals surface area contributed by atoms with E-state index >= 15 is 0 Å². The van der Waals surface area contributed by atoms with E-state index in [9.17, 15) is 4.79 Å². The maximum absolute atomic E-state index is 12.6. The summed E-state index contributed by atoms with van der Waals surface area (Å²) >= 11 is 7.66. The van der Waals surface area contributed by atoms with Crippen molar-refractivity contribution in [2.24, 2.45) is 17.8 Å². The third-order valence-corrected chi connectivity index (χ3v) is 6.13. The number of nitrogens with one attached hydrogen (secondary N) is 1. The van der Waals surface area contributed by atoms with Crippen molar-refractivity contribution in [2.45, 2.75) is 32.6 Å². The smallest absolute Gasteiger partial charge is 0.229 e. The normalized spacial score (nSPS) is 22.5. The molecule has 1 aliphatic rings. The summed E-state index contributed by atoms with van der Waals surface area (Å²) in [6.07, 6.45) is 5.08. The quantitative estimate of drug-likeness (QED) is 0.766. The molecule has 3 rings (SSSR count). The lowest BCUT2D eigenvalue weighted by atomic mass is 9.97. The number of thiazole rings is 1. The Bertz CT molecular complexity index is 798. The molecule has 1 aromatic carbocycles. The standard InChI is InChI=1S/C19H20ClN3OS/c1-12-9-13(5-4-8-21)10-15(12)18(24)23-19-22-11-17(25-19)14-6-2-3-7-16(14)20/h2-3,6-7,11-13,15H,4-5,9-10H2,1H3,(H,22,23,24)/t12-,13?,15-/m1/s1. The molecule has 130 valence electrons. The van der Waals surface area contributed by atoms with Crippen LogP contribution in [0.2, 0.25) is 5.02 Å². The van der Waals surface area contributed by atoms with Crippen LogP contribution in [0.25, 0.3) is 10.4 Å². The van der Waals surface area contributed by atoms with Crippen molar-refractivity contribution in [3.05, 3.63) is 35.5 Å². The van der Waals surface area contributed by atoms with Crippen molar-refractivity contribution in [3.8, 4) is 16.5 Å². The minimum absolute atomic E-state index is 0.00337. The number of anilines is 1. The minimum Gasteiger partial charge on any atom is -0.302 e. The zero-order valence-electron chi connectivity index (χ0n) is 14.0. The lowest BCUT2D eigenvalue weighted by Gasteiger charge is -2.13. The number of nitriles is 1. The maximum Gasteiger partial charge on any atom is 0.229 e. The van der Waals surface area contributed by atoms with E-state index in [1.54, 1.807) is 6.20 Å².